The zero-order valence-electron chi connectivity index (χ0n) is 11.9. The van der Waals surface area contributed by atoms with Gasteiger partial charge >= 0.3 is 0 Å². The Morgan fingerprint density at radius 3 is 2.70 bits per heavy atom. The highest BCUT2D eigenvalue weighted by atomic mass is 19.1. The normalized spacial score (nSPS) is 14.3. The fourth-order valence-corrected chi connectivity index (χ4v) is 1.59. The lowest BCUT2D eigenvalue weighted by Gasteiger charge is -2.27. The second-order valence-corrected chi connectivity index (χ2v) is 5.33. The van der Waals surface area contributed by atoms with Crippen LogP contribution in [0.15, 0.2) is 36.5 Å². The van der Waals surface area contributed by atoms with Crippen molar-refractivity contribution in [2.45, 2.75) is 26.4 Å². The quantitative estimate of drug-likeness (QED) is 0.915. The molecule has 0 aliphatic heterocycles. The van der Waals surface area contributed by atoms with E-state index in [-0.39, 0.29) is 18.3 Å². The molecule has 1 atom stereocenters. The first-order chi connectivity index (χ1) is 9.42. The predicted molar refractivity (Wildman–Crippen MR) is 74.5 cm³/mol. The summed E-state index contributed by atoms with van der Waals surface area (Å²) in [4.78, 5) is 0. The van der Waals surface area contributed by atoms with Crippen LogP contribution in [0.3, 0.4) is 0 Å². The third-order valence-corrected chi connectivity index (χ3v) is 3.44. The number of aromatic nitrogens is 2. The molecule has 1 aromatic carbocycles. The topological polar surface area (TPSA) is 47.3 Å². The monoisotopic (exact) mass is 278 g/mol. The van der Waals surface area contributed by atoms with E-state index < -0.39 is 5.60 Å². The first-order valence-corrected chi connectivity index (χ1v) is 6.56. The van der Waals surface area contributed by atoms with Crippen LogP contribution in [0, 0.1) is 11.7 Å². The SMILES string of the molecule is CC(C)[C@](C)(O)COc1ccnn1-c1ccccc1F. The predicted octanol–water partition coefficient (Wildman–Crippen LogP) is 2.80. The summed E-state index contributed by atoms with van der Waals surface area (Å²) in [6, 6.07) is 7.98. The van der Waals surface area contributed by atoms with Crippen molar-refractivity contribution in [3.05, 3.63) is 42.3 Å². The van der Waals surface area contributed by atoms with Crippen molar-refractivity contribution in [3.8, 4) is 11.6 Å². The molecule has 20 heavy (non-hydrogen) atoms. The molecule has 0 aliphatic rings. The minimum Gasteiger partial charge on any atom is -0.475 e. The van der Waals surface area contributed by atoms with Gasteiger partial charge in [-0.25, -0.2) is 4.39 Å². The van der Waals surface area contributed by atoms with Crippen LogP contribution in [0.1, 0.15) is 20.8 Å². The highest BCUT2D eigenvalue weighted by Crippen LogP contribution is 2.22. The molecule has 1 aromatic heterocycles. The zero-order valence-corrected chi connectivity index (χ0v) is 11.9. The molecule has 0 spiro atoms. The van der Waals surface area contributed by atoms with Gasteiger partial charge in [-0.1, -0.05) is 26.0 Å². The number of halogens is 1. The van der Waals surface area contributed by atoms with Crippen molar-refractivity contribution in [1.82, 2.24) is 9.78 Å². The van der Waals surface area contributed by atoms with Crippen LogP contribution in [0.2, 0.25) is 0 Å². The van der Waals surface area contributed by atoms with Crippen LogP contribution in [-0.4, -0.2) is 27.1 Å². The van der Waals surface area contributed by atoms with Crippen LogP contribution in [-0.2, 0) is 0 Å². The van der Waals surface area contributed by atoms with Crippen molar-refractivity contribution >= 4 is 0 Å². The summed E-state index contributed by atoms with van der Waals surface area (Å²) in [5, 5.41) is 14.2. The highest BCUT2D eigenvalue weighted by Gasteiger charge is 2.26. The van der Waals surface area contributed by atoms with Gasteiger partial charge in [-0.05, 0) is 25.0 Å². The Kier molecular flexibility index (Phi) is 4.09. The summed E-state index contributed by atoms with van der Waals surface area (Å²) in [7, 11) is 0. The molecule has 4 nitrogen and oxygen atoms in total. The zero-order chi connectivity index (χ0) is 14.8. The number of aliphatic hydroxyl groups is 1. The van der Waals surface area contributed by atoms with E-state index in [0.717, 1.165) is 0 Å². The van der Waals surface area contributed by atoms with E-state index in [1.165, 1.54) is 16.9 Å². The van der Waals surface area contributed by atoms with Crippen LogP contribution in [0.25, 0.3) is 5.69 Å². The molecule has 0 unspecified atom stereocenters. The lowest BCUT2D eigenvalue weighted by Crippen LogP contribution is -2.38. The van der Waals surface area contributed by atoms with E-state index in [1.54, 1.807) is 31.2 Å². The molecule has 0 aliphatic carbocycles. The largest absolute Gasteiger partial charge is 0.475 e. The van der Waals surface area contributed by atoms with Crippen LogP contribution in [0.4, 0.5) is 4.39 Å². The Labute approximate surface area is 117 Å². The molecule has 0 fully saturated rings. The van der Waals surface area contributed by atoms with E-state index in [4.69, 9.17) is 4.74 Å². The average molecular weight is 278 g/mol. The number of benzene rings is 1. The first kappa shape index (κ1) is 14.5. The summed E-state index contributed by atoms with van der Waals surface area (Å²) in [5.41, 5.74) is -0.638. The number of ether oxygens (including phenoxy) is 1. The van der Waals surface area contributed by atoms with Crippen molar-refractivity contribution in [2.75, 3.05) is 6.61 Å². The van der Waals surface area contributed by atoms with E-state index in [2.05, 4.69) is 5.10 Å². The van der Waals surface area contributed by atoms with E-state index in [9.17, 15) is 9.50 Å². The van der Waals surface area contributed by atoms with Crippen molar-refractivity contribution < 1.29 is 14.2 Å². The number of hydrogen-bond donors (Lipinski definition) is 1. The first-order valence-electron chi connectivity index (χ1n) is 6.56. The number of nitrogens with zero attached hydrogens (tertiary/aromatic N) is 2. The summed E-state index contributed by atoms with van der Waals surface area (Å²) >= 11 is 0. The minimum absolute atomic E-state index is 0.0485. The van der Waals surface area contributed by atoms with Gasteiger partial charge in [-0.15, -0.1) is 0 Å². The molecule has 2 aromatic rings. The maximum atomic E-state index is 13.8. The molecule has 0 saturated carbocycles. The van der Waals surface area contributed by atoms with Crippen molar-refractivity contribution in [2.24, 2.45) is 5.92 Å². The molecule has 1 N–H and O–H groups in total. The Bertz CT molecular complexity index is 579. The fraction of sp³-hybridized carbons (Fsp3) is 0.400. The van der Waals surface area contributed by atoms with Crippen molar-refractivity contribution in [3.63, 3.8) is 0 Å². The molecule has 0 bridgehead atoms. The fourth-order valence-electron chi connectivity index (χ4n) is 1.59. The van der Waals surface area contributed by atoms with Gasteiger partial charge in [-0.3, -0.25) is 0 Å². The van der Waals surface area contributed by atoms with E-state index in [0.29, 0.717) is 11.6 Å². The van der Waals surface area contributed by atoms with Crippen molar-refractivity contribution in [1.29, 1.82) is 0 Å². The second-order valence-electron chi connectivity index (χ2n) is 5.33. The summed E-state index contributed by atoms with van der Waals surface area (Å²) in [6.45, 7) is 5.65. The van der Waals surface area contributed by atoms with Gasteiger partial charge in [0.05, 0.1) is 11.8 Å². The lowest BCUT2D eigenvalue weighted by atomic mass is 9.94. The maximum absolute atomic E-state index is 13.8. The van der Waals surface area contributed by atoms with Gasteiger partial charge in [-0.2, -0.15) is 9.78 Å². The average Bonchev–Trinajstić information content (AvgIpc) is 2.85. The molecular weight excluding hydrogens is 259 g/mol. The van der Waals surface area contributed by atoms with Gasteiger partial charge in [0.1, 0.15) is 18.1 Å². The van der Waals surface area contributed by atoms with Gasteiger partial charge in [0.25, 0.3) is 0 Å². The lowest BCUT2D eigenvalue weighted by molar-refractivity contribution is -0.0284. The van der Waals surface area contributed by atoms with Gasteiger partial charge in [0, 0.05) is 6.07 Å². The van der Waals surface area contributed by atoms with Crippen LogP contribution < -0.4 is 4.74 Å². The molecule has 0 amide bonds. The summed E-state index contributed by atoms with van der Waals surface area (Å²) < 4.78 is 20.7. The number of rotatable bonds is 5. The third kappa shape index (κ3) is 2.99. The minimum atomic E-state index is -0.954. The van der Waals surface area contributed by atoms with E-state index >= 15 is 0 Å². The van der Waals surface area contributed by atoms with E-state index in [1.807, 2.05) is 13.8 Å². The number of para-hydroxylation sites is 1. The number of hydrogen-bond acceptors (Lipinski definition) is 3. The highest BCUT2D eigenvalue weighted by molar-refractivity contribution is 5.35. The summed E-state index contributed by atoms with van der Waals surface area (Å²) in [6.07, 6.45) is 1.53. The van der Waals surface area contributed by atoms with Gasteiger partial charge in [0.15, 0.2) is 0 Å². The summed E-state index contributed by atoms with van der Waals surface area (Å²) in [5.74, 6) is 0.0695. The molecule has 5 heteroatoms. The molecule has 1 heterocycles. The second kappa shape index (κ2) is 5.63. The molecule has 108 valence electrons. The molecule has 0 radical (unpaired) electrons. The van der Waals surface area contributed by atoms with Gasteiger partial charge < -0.3 is 9.84 Å². The maximum Gasteiger partial charge on any atom is 0.216 e. The molecular formula is C15H19FN2O2. The Balaban J connectivity index is 2.20. The van der Waals surface area contributed by atoms with Crippen LogP contribution in [0.5, 0.6) is 5.88 Å². The Morgan fingerprint density at radius 1 is 1.35 bits per heavy atom. The van der Waals surface area contributed by atoms with Crippen LogP contribution >= 0.6 is 0 Å². The van der Waals surface area contributed by atoms with Gasteiger partial charge in [0.2, 0.25) is 5.88 Å². The Hall–Kier alpha value is -1.88. The standard InChI is InChI=1S/C15H19FN2O2/c1-11(2)15(3,19)10-20-14-8-9-17-18(14)13-7-5-4-6-12(13)16/h4-9,11,19H,10H2,1-3H3/t15-/m1/s1. The third-order valence-electron chi connectivity index (χ3n) is 3.44. The molecule has 2 rings (SSSR count). The smallest absolute Gasteiger partial charge is 0.216 e. The molecule has 0 saturated heterocycles. The Morgan fingerprint density at radius 2 is 2.05 bits per heavy atom.